The van der Waals surface area contributed by atoms with Gasteiger partial charge in [0.25, 0.3) is 0 Å². The van der Waals surface area contributed by atoms with Gasteiger partial charge in [-0.25, -0.2) is 8.42 Å². The van der Waals surface area contributed by atoms with Gasteiger partial charge >= 0.3 is 0 Å². The van der Waals surface area contributed by atoms with Crippen molar-refractivity contribution in [1.29, 1.82) is 0 Å². The lowest BCUT2D eigenvalue weighted by molar-refractivity contribution is -0.139. The molecule has 0 saturated heterocycles. The summed E-state index contributed by atoms with van der Waals surface area (Å²) in [6, 6.07) is 15.5. The van der Waals surface area contributed by atoms with E-state index in [9.17, 15) is 18.0 Å². The second kappa shape index (κ2) is 10.9. The van der Waals surface area contributed by atoms with Crippen molar-refractivity contribution in [1.82, 2.24) is 10.2 Å². The summed E-state index contributed by atoms with van der Waals surface area (Å²) < 4.78 is 26.0. The Balaban J connectivity index is 2.32. The van der Waals surface area contributed by atoms with Crippen molar-refractivity contribution in [3.63, 3.8) is 0 Å². The molecule has 7 nitrogen and oxygen atoms in total. The van der Waals surface area contributed by atoms with Crippen molar-refractivity contribution in [2.75, 3.05) is 23.7 Å². The number of aryl methyl sites for hydroxylation is 1. The number of sulfonamides is 1. The Morgan fingerprint density at radius 3 is 2.19 bits per heavy atom. The Morgan fingerprint density at radius 1 is 1.03 bits per heavy atom. The topological polar surface area (TPSA) is 86.8 Å². The van der Waals surface area contributed by atoms with E-state index in [4.69, 9.17) is 0 Å². The third-order valence-corrected chi connectivity index (χ3v) is 6.05. The number of amides is 2. The van der Waals surface area contributed by atoms with Crippen LogP contribution in [0.1, 0.15) is 31.4 Å². The van der Waals surface area contributed by atoms with E-state index >= 15 is 0 Å². The van der Waals surface area contributed by atoms with Crippen LogP contribution in [0.4, 0.5) is 5.69 Å². The predicted molar refractivity (Wildman–Crippen MR) is 123 cm³/mol. The molecule has 0 radical (unpaired) electrons. The fraction of sp³-hybridized carbons (Fsp3) is 0.391. The highest BCUT2D eigenvalue weighted by Crippen LogP contribution is 2.19. The molecule has 31 heavy (non-hydrogen) atoms. The third kappa shape index (κ3) is 7.10. The molecular formula is C23H31N3O4S. The average molecular weight is 446 g/mol. The number of nitrogens with zero attached hydrogens (tertiary/aromatic N) is 2. The van der Waals surface area contributed by atoms with Crippen molar-refractivity contribution in [3.05, 3.63) is 65.7 Å². The largest absolute Gasteiger partial charge is 0.354 e. The Hall–Kier alpha value is -2.87. The van der Waals surface area contributed by atoms with Crippen LogP contribution in [0.5, 0.6) is 0 Å². The summed E-state index contributed by atoms with van der Waals surface area (Å²) in [5.41, 5.74) is 2.24. The van der Waals surface area contributed by atoms with Gasteiger partial charge in [0.15, 0.2) is 0 Å². The summed E-state index contributed by atoms with van der Waals surface area (Å²) in [5.74, 6) is -0.721. The fourth-order valence-corrected chi connectivity index (χ4v) is 3.93. The van der Waals surface area contributed by atoms with E-state index in [1.807, 2.05) is 44.2 Å². The lowest BCUT2D eigenvalue weighted by Crippen LogP contribution is -2.51. The number of nitrogens with one attached hydrogen (secondary N) is 1. The highest BCUT2D eigenvalue weighted by atomic mass is 32.2. The highest BCUT2D eigenvalue weighted by molar-refractivity contribution is 7.92. The van der Waals surface area contributed by atoms with Crippen LogP contribution in [-0.2, 0) is 26.2 Å². The van der Waals surface area contributed by atoms with Crippen LogP contribution in [0.3, 0.4) is 0 Å². The molecule has 0 aliphatic heterocycles. The van der Waals surface area contributed by atoms with Crippen LogP contribution in [-0.4, -0.2) is 50.5 Å². The zero-order valence-electron chi connectivity index (χ0n) is 18.5. The molecule has 2 aromatic carbocycles. The number of carbonyl (C=O) groups is 2. The van der Waals surface area contributed by atoms with Gasteiger partial charge in [-0.15, -0.1) is 0 Å². The van der Waals surface area contributed by atoms with E-state index in [1.165, 1.54) is 4.90 Å². The molecule has 0 fully saturated rings. The maximum atomic E-state index is 13.3. The first-order chi connectivity index (χ1) is 14.6. The van der Waals surface area contributed by atoms with Crippen molar-refractivity contribution in [3.8, 4) is 0 Å². The molecule has 1 N–H and O–H groups in total. The van der Waals surface area contributed by atoms with Gasteiger partial charge in [0.2, 0.25) is 21.8 Å². The second-order valence-electron chi connectivity index (χ2n) is 7.58. The molecule has 8 heteroatoms. The average Bonchev–Trinajstić information content (AvgIpc) is 2.74. The maximum Gasteiger partial charge on any atom is 0.244 e. The Kier molecular flexibility index (Phi) is 8.62. The van der Waals surface area contributed by atoms with Crippen molar-refractivity contribution < 1.29 is 18.0 Å². The number of hydrogen-bond acceptors (Lipinski definition) is 4. The van der Waals surface area contributed by atoms with Crippen LogP contribution in [0.25, 0.3) is 0 Å². The summed E-state index contributed by atoms with van der Waals surface area (Å²) >= 11 is 0. The molecule has 0 heterocycles. The van der Waals surface area contributed by atoms with Crippen molar-refractivity contribution in [2.24, 2.45) is 0 Å². The lowest BCUT2D eigenvalue weighted by atomic mass is 10.1. The molecule has 0 bridgehead atoms. The van der Waals surface area contributed by atoms with E-state index in [-0.39, 0.29) is 19.0 Å². The van der Waals surface area contributed by atoms with E-state index < -0.39 is 22.0 Å². The van der Waals surface area contributed by atoms with Gasteiger partial charge < -0.3 is 10.2 Å². The highest BCUT2D eigenvalue weighted by Gasteiger charge is 2.29. The summed E-state index contributed by atoms with van der Waals surface area (Å²) in [4.78, 5) is 27.3. The van der Waals surface area contributed by atoms with Crippen LogP contribution in [0, 0.1) is 6.92 Å². The zero-order valence-corrected chi connectivity index (χ0v) is 19.4. The standard InChI is InChI=1S/C23H31N3O4S/c1-5-15-24-23(28)19(3)25(16-20-9-7-6-8-10-20)22(27)17-26(31(4,29)30)21-13-11-18(2)12-14-21/h6-14,19H,5,15-17H2,1-4H3,(H,24,28)/t19-/m1/s1. The van der Waals surface area contributed by atoms with Crippen LogP contribution >= 0.6 is 0 Å². The first-order valence-corrected chi connectivity index (χ1v) is 12.1. The molecule has 2 amide bonds. The first-order valence-electron chi connectivity index (χ1n) is 10.3. The Labute approximate surface area is 185 Å². The molecule has 0 aliphatic carbocycles. The number of anilines is 1. The molecule has 2 aromatic rings. The molecular weight excluding hydrogens is 414 g/mol. The van der Waals surface area contributed by atoms with Gasteiger partial charge in [0.05, 0.1) is 11.9 Å². The SMILES string of the molecule is CCCNC(=O)[C@@H](C)N(Cc1ccccc1)C(=O)CN(c1ccc(C)cc1)S(C)(=O)=O. The van der Waals surface area contributed by atoms with Crippen LogP contribution < -0.4 is 9.62 Å². The quantitative estimate of drug-likeness (QED) is 0.609. The summed E-state index contributed by atoms with van der Waals surface area (Å²) in [6.45, 7) is 5.82. The van der Waals surface area contributed by atoms with E-state index in [0.29, 0.717) is 12.2 Å². The molecule has 0 aliphatic rings. The normalized spacial score (nSPS) is 12.1. The number of benzene rings is 2. The molecule has 168 valence electrons. The molecule has 0 aromatic heterocycles. The Bertz CT molecular complexity index is 976. The van der Waals surface area contributed by atoms with Gasteiger partial charge in [0, 0.05) is 13.1 Å². The van der Waals surface area contributed by atoms with Gasteiger partial charge in [-0.2, -0.15) is 0 Å². The summed E-state index contributed by atoms with van der Waals surface area (Å²) in [6.07, 6.45) is 1.85. The van der Waals surface area contributed by atoms with Gasteiger partial charge in [-0.05, 0) is 38.0 Å². The fourth-order valence-electron chi connectivity index (χ4n) is 3.08. The van der Waals surface area contributed by atoms with Gasteiger partial charge in [-0.3, -0.25) is 13.9 Å². The summed E-state index contributed by atoms with van der Waals surface area (Å²) in [5, 5.41) is 2.81. The smallest absolute Gasteiger partial charge is 0.244 e. The maximum absolute atomic E-state index is 13.3. The van der Waals surface area contributed by atoms with E-state index in [0.717, 1.165) is 28.1 Å². The van der Waals surface area contributed by atoms with E-state index in [1.54, 1.807) is 31.2 Å². The monoisotopic (exact) mass is 445 g/mol. The second-order valence-corrected chi connectivity index (χ2v) is 9.49. The van der Waals surface area contributed by atoms with Gasteiger partial charge in [-0.1, -0.05) is 55.0 Å². The lowest BCUT2D eigenvalue weighted by Gasteiger charge is -2.31. The van der Waals surface area contributed by atoms with Crippen molar-refractivity contribution in [2.45, 2.75) is 39.8 Å². The number of hydrogen-bond donors (Lipinski definition) is 1. The minimum atomic E-state index is -3.71. The minimum absolute atomic E-state index is 0.200. The first kappa shape index (κ1) is 24.4. The van der Waals surface area contributed by atoms with Crippen molar-refractivity contribution >= 4 is 27.5 Å². The van der Waals surface area contributed by atoms with Crippen LogP contribution in [0.15, 0.2) is 54.6 Å². The van der Waals surface area contributed by atoms with Crippen LogP contribution in [0.2, 0.25) is 0 Å². The predicted octanol–water partition coefficient (Wildman–Crippen LogP) is 2.70. The number of carbonyl (C=O) groups excluding carboxylic acids is 2. The van der Waals surface area contributed by atoms with E-state index in [2.05, 4.69) is 5.32 Å². The molecule has 1 atom stereocenters. The Morgan fingerprint density at radius 2 is 1.65 bits per heavy atom. The molecule has 0 saturated carbocycles. The molecule has 2 rings (SSSR count). The number of rotatable bonds is 10. The zero-order chi connectivity index (χ0) is 23.0. The van der Waals surface area contributed by atoms with Gasteiger partial charge in [0.1, 0.15) is 12.6 Å². The third-order valence-electron chi connectivity index (χ3n) is 4.91. The summed E-state index contributed by atoms with van der Waals surface area (Å²) in [7, 11) is -3.71. The minimum Gasteiger partial charge on any atom is -0.354 e. The molecule has 0 spiro atoms. The molecule has 0 unspecified atom stereocenters.